The number of fused-ring (bicyclic) bond motifs is 1. The van der Waals surface area contributed by atoms with Crippen LogP contribution in [0.4, 0.5) is 5.69 Å². The number of nitrogens with one attached hydrogen (secondary N) is 1. The largest absolute Gasteiger partial charge is 0.493 e. The molecular weight excluding hydrogens is 396 g/mol. The summed E-state index contributed by atoms with van der Waals surface area (Å²) in [5, 5.41) is 2.71. The maximum atomic E-state index is 13.5. The smallest absolute Gasteiger partial charge is 0.291 e. The van der Waals surface area contributed by atoms with Crippen LogP contribution >= 0.6 is 0 Å². The Hall–Kier alpha value is -4.00. The second kappa shape index (κ2) is 8.79. The van der Waals surface area contributed by atoms with Crippen molar-refractivity contribution in [2.45, 2.75) is 6.42 Å². The number of nitrogens with zero attached hydrogens (tertiary/aromatic N) is 1. The van der Waals surface area contributed by atoms with Gasteiger partial charge in [-0.25, -0.2) is 0 Å². The molecule has 1 aliphatic rings. The normalized spacial score (nSPS) is 13.0. The van der Waals surface area contributed by atoms with Gasteiger partial charge in [0.05, 0.1) is 20.5 Å². The molecule has 7 heteroatoms. The maximum Gasteiger partial charge on any atom is 0.291 e. The summed E-state index contributed by atoms with van der Waals surface area (Å²) in [4.78, 5) is 27.8. The first kappa shape index (κ1) is 20.3. The summed E-state index contributed by atoms with van der Waals surface area (Å²) in [6.45, 7) is 0.540. The van der Waals surface area contributed by atoms with Gasteiger partial charge >= 0.3 is 0 Å². The second-order valence-corrected chi connectivity index (χ2v) is 6.94. The minimum Gasteiger partial charge on any atom is -0.493 e. The minimum atomic E-state index is -0.502. The fourth-order valence-corrected chi connectivity index (χ4v) is 3.55. The lowest BCUT2D eigenvalue weighted by Gasteiger charge is -2.20. The molecule has 2 aromatic carbocycles. The molecular formula is C24H22N2O5. The highest BCUT2D eigenvalue weighted by atomic mass is 16.5. The van der Waals surface area contributed by atoms with Gasteiger partial charge in [-0.3, -0.25) is 9.59 Å². The molecule has 158 valence electrons. The Labute approximate surface area is 179 Å². The van der Waals surface area contributed by atoms with E-state index in [4.69, 9.17) is 13.9 Å². The SMILES string of the molecule is COc1ccc(/C=C(/NC(=O)c2ccco2)C(=O)N2CCc3ccccc32)cc1OC. The van der Waals surface area contributed by atoms with Gasteiger partial charge in [-0.15, -0.1) is 0 Å². The van der Waals surface area contributed by atoms with Crippen LogP contribution < -0.4 is 19.7 Å². The Morgan fingerprint density at radius 3 is 2.58 bits per heavy atom. The lowest BCUT2D eigenvalue weighted by molar-refractivity contribution is -0.115. The fourth-order valence-electron chi connectivity index (χ4n) is 3.55. The average molecular weight is 418 g/mol. The molecule has 0 aliphatic carbocycles. The van der Waals surface area contributed by atoms with Gasteiger partial charge in [0, 0.05) is 12.2 Å². The predicted molar refractivity (Wildman–Crippen MR) is 116 cm³/mol. The van der Waals surface area contributed by atoms with Gasteiger partial charge < -0.3 is 24.1 Å². The van der Waals surface area contributed by atoms with Crippen molar-refractivity contribution in [2.24, 2.45) is 0 Å². The molecule has 31 heavy (non-hydrogen) atoms. The van der Waals surface area contributed by atoms with Crippen molar-refractivity contribution in [3.8, 4) is 11.5 Å². The molecule has 0 atom stereocenters. The molecule has 0 unspecified atom stereocenters. The highest BCUT2D eigenvalue weighted by Gasteiger charge is 2.28. The Morgan fingerprint density at radius 1 is 1.03 bits per heavy atom. The molecule has 2 heterocycles. The van der Waals surface area contributed by atoms with Crippen molar-refractivity contribution in [2.75, 3.05) is 25.7 Å². The lowest BCUT2D eigenvalue weighted by atomic mass is 10.1. The lowest BCUT2D eigenvalue weighted by Crippen LogP contribution is -2.37. The summed E-state index contributed by atoms with van der Waals surface area (Å²) < 4.78 is 15.8. The van der Waals surface area contributed by atoms with Crippen LogP contribution in [0.15, 0.2) is 71.0 Å². The monoisotopic (exact) mass is 418 g/mol. The number of carbonyl (C=O) groups excluding carboxylic acids is 2. The van der Waals surface area contributed by atoms with Crippen molar-refractivity contribution >= 4 is 23.6 Å². The van der Waals surface area contributed by atoms with E-state index in [-0.39, 0.29) is 17.4 Å². The van der Waals surface area contributed by atoms with E-state index in [1.807, 2.05) is 24.3 Å². The Kier molecular flexibility index (Phi) is 5.75. The fraction of sp³-hybridized carbons (Fsp3) is 0.167. The van der Waals surface area contributed by atoms with Gasteiger partial charge in [0.15, 0.2) is 17.3 Å². The highest BCUT2D eigenvalue weighted by molar-refractivity contribution is 6.12. The van der Waals surface area contributed by atoms with Gasteiger partial charge in [-0.1, -0.05) is 24.3 Å². The van der Waals surface area contributed by atoms with Crippen molar-refractivity contribution in [1.82, 2.24) is 5.32 Å². The van der Waals surface area contributed by atoms with Crippen molar-refractivity contribution in [3.05, 3.63) is 83.4 Å². The van der Waals surface area contributed by atoms with Crippen LogP contribution in [0.2, 0.25) is 0 Å². The van der Waals surface area contributed by atoms with E-state index < -0.39 is 5.91 Å². The molecule has 7 nitrogen and oxygen atoms in total. The molecule has 1 aliphatic heterocycles. The summed E-state index contributed by atoms with van der Waals surface area (Å²) in [5.74, 6) is 0.401. The highest BCUT2D eigenvalue weighted by Crippen LogP contribution is 2.30. The number of rotatable bonds is 6. The molecule has 0 radical (unpaired) electrons. The third kappa shape index (κ3) is 4.16. The van der Waals surface area contributed by atoms with Crippen molar-refractivity contribution in [1.29, 1.82) is 0 Å². The summed E-state index contributed by atoms with van der Waals surface area (Å²) >= 11 is 0. The van der Waals surface area contributed by atoms with E-state index in [1.54, 1.807) is 48.4 Å². The van der Waals surface area contributed by atoms with E-state index >= 15 is 0 Å². The Morgan fingerprint density at radius 2 is 1.84 bits per heavy atom. The predicted octanol–water partition coefficient (Wildman–Crippen LogP) is 3.66. The van der Waals surface area contributed by atoms with Crippen LogP contribution in [0, 0.1) is 0 Å². The zero-order chi connectivity index (χ0) is 21.8. The number of hydrogen-bond donors (Lipinski definition) is 1. The molecule has 3 aromatic rings. The maximum absolute atomic E-state index is 13.5. The number of methoxy groups -OCH3 is 2. The number of para-hydroxylation sites is 1. The molecule has 0 bridgehead atoms. The van der Waals surface area contributed by atoms with Crippen LogP contribution in [0.5, 0.6) is 11.5 Å². The molecule has 1 N–H and O–H groups in total. The minimum absolute atomic E-state index is 0.118. The van der Waals surface area contributed by atoms with Crippen LogP contribution in [0.1, 0.15) is 21.7 Å². The third-order valence-electron chi connectivity index (χ3n) is 5.07. The molecule has 0 saturated carbocycles. The molecule has 0 saturated heterocycles. The number of ether oxygens (including phenoxy) is 2. The van der Waals surface area contributed by atoms with Crippen LogP contribution in [0.25, 0.3) is 6.08 Å². The van der Waals surface area contributed by atoms with Gasteiger partial charge in [0.1, 0.15) is 5.70 Å². The first-order chi connectivity index (χ1) is 15.1. The number of furan rings is 1. The Bertz CT molecular complexity index is 1130. The van der Waals surface area contributed by atoms with Crippen molar-refractivity contribution < 1.29 is 23.5 Å². The van der Waals surface area contributed by atoms with E-state index in [0.717, 1.165) is 17.7 Å². The summed E-state index contributed by atoms with van der Waals surface area (Å²) in [6, 6.07) is 16.2. The van der Waals surface area contributed by atoms with Crippen molar-refractivity contribution in [3.63, 3.8) is 0 Å². The zero-order valence-corrected chi connectivity index (χ0v) is 17.3. The molecule has 0 fully saturated rings. The molecule has 2 amide bonds. The van der Waals surface area contributed by atoms with E-state index in [0.29, 0.717) is 23.6 Å². The van der Waals surface area contributed by atoms with E-state index in [9.17, 15) is 9.59 Å². The van der Waals surface area contributed by atoms with Gasteiger partial charge in [-0.2, -0.15) is 0 Å². The molecule has 1 aromatic heterocycles. The van der Waals surface area contributed by atoms with Crippen LogP contribution in [-0.4, -0.2) is 32.6 Å². The average Bonchev–Trinajstić information content (AvgIpc) is 3.48. The number of carbonyl (C=O) groups is 2. The first-order valence-corrected chi connectivity index (χ1v) is 9.79. The van der Waals surface area contributed by atoms with E-state index in [1.165, 1.54) is 13.4 Å². The standard InChI is InChI=1S/C24H22N2O5/c1-29-20-10-9-16(15-22(20)30-2)14-18(25-23(27)21-8-5-13-31-21)24(28)26-12-11-17-6-3-4-7-19(17)26/h3-10,13-15H,11-12H2,1-2H3,(H,25,27)/b18-14+. The van der Waals surface area contributed by atoms with Gasteiger partial charge in [0.2, 0.25) is 0 Å². The topological polar surface area (TPSA) is 81.0 Å². The molecule has 0 spiro atoms. The second-order valence-electron chi connectivity index (χ2n) is 6.94. The Balaban J connectivity index is 1.70. The number of anilines is 1. The zero-order valence-electron chi connectivity index (χ0n) is 17.3. The summed E-state index contributed by atoms with van der Waals surface area (Å²) in [5.41, 5.74) is 2.75. The number of benzene rings is 2. The number of hydrogen-bond acceptors (Lipinski definition) is 5. The van der Waals surface area contributed by atoms with Gasteiger partial charge in [0.25, 0.3) is 11.8 Å². The summed E-state index contributed by atoms with van der Waals surface area (Å²) in [7, 11) is 3.09. The van der Waals surface area contributed by atoms with Crippen LogP contribution in [-0.2, 0) is 11.2 Å². The van der Waals surface area contributed by atoms with Gasteiger partial charge in [-0.05, 0) is 54.0 Å². The summed E-state index contributed by atoms with van der Waals surface area (Å²) in [6.07, 6.45) is 3.79. The molecule has 4 rings (SSSR count). The van der Waals surface area contributed by atoms with Crippen LogP contribution in [0.3, 0.4) is 0 Å². The third-order valence-corrected chi connectivity index (χ3v) is 5.07. The van der Waals surface area contributed by atoms with E-state index in [2.05, 4.69) is 5.32 Å². The first-order valence-electron chi connectivity index (χ1n) is 9.79. The number of amides is 2. The quantitative estimate of drug-likeness (QED) is 0.618.